The number of hydrogen-bond acceptors (Lipinski definition) is 3. The zero-order chi connectivity index (χ0) is 14.6. The molecule has 6 nitrogen and oxygen atoms in total. The molecular formula is C13H18N2O4. The largest absolute Gasteiger partial charge is 0.480 e. The van der Waals surface area contributed by atoms with Crippen molar-refractivity contribution in [2.24, 2.45) is 0 Å². The van der Waals surface area contributed by atoms with Crippen molar-refractivity contribution in [3.05, 3.63) is 33.2 Å². The van der Waals surface area contributed by atoms with Crippen LogP contribution >= 0.6 is 0 Å². The van der Waals surface area contributed by atoms with Gasteiger partial charge in [0.25, 0.3) is 11.5 Å². The van der Waals surface area contributed by atoms with Gasteiger partial charge in [0, 0.05) is 5.69 Å². The Morgan fingerprint density at radius 2 is 2.05 bits per heavy atom. The lowest BCUT2D eigenvalue weighted by atomic mass is 10.1. The number of carbonyl (C=O) groups is 2. The molecule has 0 saturated heterocycles. The summed E-state index contributed by atoms with van der Waals surface area (Å²) in [6, 6.07) is 0.698. The van der Waals surface area contributed by atoms with Crippen LogP contribution in [0.2, 0.25) is 0 Å². The van der Waals surface area contributed by atoms with Gasteiger partial charge in [-0.2, -0.15) is 0 Å². The van der Waals surface area contributed by atoms with Gasteiger partial charge in [-0.15, -0.1) is 0 Å². The van der Waals surface area contributed by atoms with Crippen molar-refractivity contribution < 1.29 is 14.7 Å². The number of rotatable bonds is 5. The summed E-state index contributed by atoms with van der Waals surface area (Å²) in [6.45, 7) is 5.19. The number of H-pyrrole nitrogens is 1. The van der Waals surface area contributed by atoms with Crippen LogP contribution in [-0.4, -0.2) is 28.0 Å². The van der Waals surface area contributed by atoms with E-state index in [0.29, 0.717) is 24.1 Å². The lowest BCUT2D eigenvalue weighted by Crippen LogP contribution is -2.42. The number of carboxylic acids is 1. The molecule has 1 heterocycles. The smallest absolute Gasteiger partial charge is 0.326 e. The molecule has 104 valence electrons. The highest BCUT2D eigenvalue weighted by atomic mass is 16.4. The Balaban J connectivity index is 3.01. The van der Waals surface area contributed by atoms with Crippen LogP contribution in [0.15, 0.2) is 10.9 Å². The average molecular weight is 266 g/mol. The Labute approximate surface area is 110 Å². The second-order valence-electron chi connectivity index (χ2n) is 4.49. The van der Waals surface area contributed by atoms with Crippen molar-refractivity contribution in [3.8, 4) is 0 Å². The van der Waals surface area contributed by atoms with E-state index in [1.165, 1.54) is 0 Å². The molecular weight excluding hydrogens is 248 g/mol. The van der Waals surface area contributed by atoms with Gasteiger partial charge in [-0.25, -0.2) is 4.79 Å². The summed E-state index contributed by atoms with van der Waals surface area (Å²) < 4.78 is 0. The number of aliphatic carboxylic acids is 1. The number of aryl methyl sites for hydroxylation is 2. The molecule has 0 bridgehead atoms. The van der Waals surface area contributed by atoms with E-state index in [1.807, 2.05) is 6.92 Å². The van der Waals surface area contributed by atoms with Gasteiger partial charge in [0.15, 0.2) is 0 Å². The zero-order valence-corrected chi connectivity index (χ0v) is 11.2. The van der Waals surface area contributed by atoms with Crippen molar-refractivity contribution >= 4 is 11.9 Å². The van der Waals surface area contributed by atoms with Crippen molar-refractivity contribution in [1.82, 2.24) is 10.3 Å². The third kappa shape index (κ3) is 3.67. The number of carboxylic acid groups (broad SMARTS) is 1. The first-order chi connectivity index (χ1) is 8.86. The predicted molar refractivity (Wildman–Crippen MR) is 70.3 cm³/mol. The predicted octanol–water partition coefficient (Wildman–Crippen LogP) is 0.975. The van der Waals surface area contributed by atoms with Crippen LogP contribution in [0.3, 0.4) is 0 Å². The summed E-state index contributed by atoms with van der Waals surface area (Å²) >= 11 is 0. The lowest BCUT2D eigenvalue weighted by molar-refractivity contribution is -0.139. The minimum atomic E-state index is -1.10. The maximum absolute atomic E-state index is 12.0. The summed E-state index contributed by atoms with van der Waals surface area (Å²) in [5.74, 6) is -1.75. The fraction of sp³-hybridized carbons (Fsp3) is 0.462. The van der Waals surface area contributed by atoms with E-state index in [-0.39, 0.29) is 5.56 Å². The minimum Gasteiger partial charge on any atom is -0.480 e. The SMILES string of the molecule is CCCC(NC(=O)c1c(C)cc(C)[nH]c1=O)C(=O)O. The minimum absolute atomic E-state index is 0.0343. The monoisotopic (exact) mass is 266 g/mol. The molecule has 0 saturated carbocycles. The van der Waals surface area contributed by atoms with Gasteiger partial charge in [0.05, 0.1) is 0 Å². The Bertz CT molecular complexity index is 548. The highest BCUT2D eigenvalue weighted by Gasteiger charge is 2.22. The number of nitrogens with one attached hydrogen (secondary N) is 2. The second-order valence-corrected chi connectivity index (χ2v) is 4.49. The molecule has 3 N–H and O–H groups in total. The highest BCUT2D eigenvalue weighted by Crippen LogP contribution is 2.05. The first-order valence-electron chi connectivity index (χ1n) is 6.11. The summed E-state index contributed by atoms with van der Waals surface area (Å²) in [5.41, 5.74) is 0.644. The quantitative estimate of drug-likeness (QED) is 0.739. The van der Waals surface area contributed by atoms with Crippen LogP contribution in [0.1, 0.15) is 41.4 Å². The molecule has 0 aromatic carbocycles. The molecule has 1 atom stereocenters. The molecule has 0 aliphatic carbocycles. The molecule has 0 fully saturated rings. The Morgan fingerprint density at radius 1 is 1.42 bits per heavy atom. The fourth-order valence-electron chi connectivity index (χ4n) is 1.91. The number of hydrogen-bond donors (Lipinski definition) is 3. The van der Waals surface area contributed by atoms with E-state index in [1.54, 1.807) is 19.9 Å². The third-order valence-electron chi connectivity index (χ3n) is 2.77. The summed E-state index contributed by atoms with van der Waals surface area (Å²) in [5, 5.41) is 11.4. The van der Waals surface area contributed by atoms with E-state index in [0.717, 1.165) is 0 Å². The number of aromatic amines is 1. The standard InChI is InChI=1S/C13H18N2O4/c1-4-5-9(13(18)19)15-12(17)10-7(2)6-8(3)14-11(10)16/h6,9H,4-5H2,1-3H3,(H,14,16)(H,15,17)(H,18,19). The lowest BCUT2D eigenvalue weighted by Gasteiger charge is -2.14. The summed E-state index contributed by atoms with van der Waals surface area (Å²) in [6.07, 6.45) is 0.949. The molecule has 19 heavy (non-hydrogen) atoms. The molecule has 1 rings (SSSR count). The number of carbonyl (C=O) groups excluding carboxylic acids is 1. The van der Waals surface area contributed by atoms with Crippen LogP contribution in [0, 0.1) is 13.8 Å². The maximum atomic E-state index is 12.0. The van der Waals surface area contributed by atoms with Gasteiger partial charge in [0.2, 0.25) is 0 Å². The van der Waals surface area contributed by atoms with E-state index in [4.69, 9.17) is 5.11 Å². The van der Waals surface area contributed by atoms with E-state index < -0.39 is 23.5 Å². The first-order valence-corrected chi connectivity index (χ1v) is 6.11. The van der Waals surface area contributed by atoms with Crippen molar-refractivity contribution in [2.75, 3.05) is 0 Å². The second kappa shape index (κ2) is 6.17. The molecule has 0 radical (unpaired) electrons. The Morgan fingerprint density at radius 3 is 2.53 bits per heavy atom. The van der Waals surface area contributed by atoms with Gasteiger partial charge < -0.3 is 15.4 Å². The first kappa shape index (κ1) is 14.9. The van der Waals surface area contributed by atoms with Gasteiger partial charge in [-0.05, 0) is 31.9 Å². The molecule has 6 heteroatoms. The molecule has 1 aromatic rings. The topological polar surface area (TPSA) is 99.3 Å². The van der Waals surface area contributed by atoms with E-state index >= 15 is 0 Å². The van der Waals surface area contributed by atoms with Crippen molar-refractivity contribution in [1.29, 1.82) is 0 Å². The molecule has 1 aromatic heterocycles. The normalized spacial score (nSPS) is 11.9. The van der Waals surface area contributed by atoms with Gasteiger partial charge in [-0.3, -0.25) is 9.59 Å². The highest BCUT2D eigenvalue weighted by molar-refractivity contribution is 5.97. The Kier molecular flexibility index (Phi) is 4.86. The molecule has 0 aliphatic heterocycles. The zero-order valence-electron chi connectivity index (χ0n) is 11.2. The van der Waals surface area contributed by atoms with Crippen LogP contribution < -0.4 is 10.9 Å². The average Bonchev–Trinajstić information content (AvgIpc) is 2.26. The molecule has 0 spiro atoms. The fourth-order valence-corrected chi connectivity index (χ4v) is 1.91. The van der Waals surface area contributed by atoms with Crippen molar-refractivity contribution in [2.45, 2.75) is 39.7 Å². The number of amides is 1. The van der Waals surface area contributed by atoms with Gasteiger partial charge in [-0.1, -0.05) is 13.3 Å². The van der Waals surface area contributed by atoms with E-state index in [2.05, 4.69) is 10.3 Å². The van der Waals surface area contributed by atoms with Crippen LogP contribution in [0.25, 0.3) is 0 Å². The summed E-state index contributed by atoms with van der Waals surface area (Å²) in [4.78, 5) is 37.3. The van der Waals surface area contributed by atoms with E-state index in [9.17, 15) is 14.4 Å². The van der Waals surface area contributed by atoms with Crippen LogP contribution in [-0.2, 0) is 4.79 Å². The molecule has 1 unspecified atom stereocenters. The van der Waals surface area contributed by atoms with Crippen molar-refractivity contribution in [3.63, 3.8) is 0 Å². The third-order valence-corrected chi connectivity index (χ3v) is 2.77. The number of pyridine rings is 1. The van der Waals surface area contributed by atoms with Gasteiger partial charge in [0.1, 0.15) is 11.6 Å². The number of aromatic nitrogens is 1. The van der Waals surface area contributed by atoms with Crippen LogP contribution in [0.4, 0.5) is 0 Å². The van der Waals surface area contributed by atoms with Gasteiger partial charge >= 0.3 is 5.97 Å². The van der Waals surface area contributed by atoms with Crippen LogP contribution in [0.5, 0.6) is 0 Å². The Hall–Kier alpha value is -2.11. The summed E-state index contributed by atoms with van der Waals surface area (Å²) in [7, 11) is 0. The molecule has 1 amide bonds. The maximum Gasteiger partial charge on any atom is 0.326 e. The molecule has 0 aliphatic rings.